The highest BCUT2D eigenvalue weighted by molar-refractivity contribution is 6.30. The van der Waals surface area contributed by atoms with Gasteiger partial charge in [0, 0.05) is 42.0 Å². The van der Waals surface area contributed by atoms with Gasteiger partial charge in [0.05, 0.1) is 0 Å². The van der Waals surface area contributed by atoms with E-state index in [1.54, 1.807) is 0 Å². The maximum Gasteiger partial charge on any atom is 0.167 e. The average Bonchev–Trinajstić information content (AvgIpc) is 3.08. The van der Waals surface area contributed by atoms with Gasteiger partial charge in [0.15, 0.2) is 5.78 Å². The third kappa shape index (κ3) is 4.25. The van der Waals surface area contributed by atoms with Crippen molar-refractivity contribution in [1.29, 1.82) is 0 Å². The monoisotopic (exact) mass is 345 g/mol. The van der Waals surface area contributed by atoms with E-state index in [0.29, 0.717) is 5.02 Å². The summed E-state index contributed by atoms with van der Waals surface area (Å²) in [5.41, 5.74) is 1.80. The molecule has 3 rings (SSSR count). The van der Waals surface area contributed by atoms with Crippen molar-refractivity contribution in [1.82, 2.24) is 14.7 Å². The molecule has 1 saturated heterocycles. The standard InChI is InChI=1S/C19H24ClN3O/c1-15-13-17(20)6-7-18(15)19(24)16-5-2-9-22(14-16)10-4-12-23-11-3-8-21-23/h3,6-8,11,13,16H,2,4-5,9-10,12,14H2,1H3. The summed E-state index contributed by atoms with van der Waals surface area (Å²) in [5, 5.41) is 4.92. The molecule has 0 bridgehead atoms. The third-order valence-corrected chi connectivity index (χ3v) is 4.99. The number of aryl methyl sites for hydroxylation is 2. The van der Waals surface area contributed by atoms with Crippen molar-refractivity contribution in [2.45, 2.75) is 32.7 Å². The van der Waals surface area contributed by atoms with Crippen LogP contribution in [0.1, 0.15) is 35.2 Å². The van der Waals surface area contributed by atoms with Crippen LogP contribution in [0.15, 0.2) is 36.7 Å². The fourth-order valence-corrected chi connectivity index (χ4v) is 3.71. The first-order valence-corrected chi connectivity index (χ1v) is 9.01. The zero-order chi connectivity index (χ0) is 16.9. The zero-order valence-electron chi connectivity index (χ0n) is 14.1. The van der Waals surface area contributed by atoms with Gasteiger partial charge in [-0.2, -0.15) is 5.10 Å². The molecule has 2 heterocycles. The van der Waals surface area contributed by atoms with Gasteiger partial charge in [-0.15, -0.1) is 0 Å². The van der Waals surface area contributed by atoms with Crippen LogP contribution in [0, 0.1) is 12.8 Å². The van der Waals surface area contributed by atoms with Crippen LogP contribution in [-0.2, 0) is 6.54 Å². The lowest BCUT2D eigenvalue weighted by Crippen LogP contribution is -2.39. The van der Waals surface area contributed by atoms with E-state index in [4.69, 9.17) is 11.6 Å². The highest BCUT2D eigenvalue weighted by atomic mass is 35.5. The molecule has 5 heteroatoms. The number of nitrogens with zero attached hydrogens (tertiary/aromatic N) is 3. The fraction of sp³-hybridized carbons (Fsp3) is 0.474. The van der Waals surface area contributed by atoms with Gasteiger partial charge in [-0.25, -0.2) is 0 Å². The Balaban J connectivity index is 1.55. The van der Waals surface area contributed by atoms with Crippen molar-refractivity contribution in [3.63, 3.8) is 0 Å². The summed E-state index contributed by atoms with van der Waals surface area (Å²) in [6.07, 6.45) is 6.93. The maximum absolute atomic E-state index is 12.9. The van der Waals surface area contributed by atoms with Gasteiger partial charge in [0.25, 0.3) is 0 Å². The summed E-state index contributed by atoms with van der Waals surface area (Å²) in [7, 11) is 0. The molecule has 0 radical (unpaired) electrons. The summed E-state index contributed by atoms with van der Waals surface area (Å²) < 4.78 is 1.96. The third-order valence-electron chi connectivity index (χ3n) is 4.75. The van der Waals surface area contributed by atoms with Crippen molar-refractivity contribution in [2.75, 3.05) is 19.6 Å². The lowest BCUT2D eigenvalue weighted by Gasteiger charge is -2.32. The van der Waals surface area contributed by atoms with Gasteiger partial charge in [-0.1, -0.05) is 11.6 Å². The van der Waals surface area contributed by atoms with E-state index in [1.165, 1.54) is 0 Å². The quantitative estimate of drug-likeness (QED) is 0.747. The predicted molar refractivity (Wildman–Crippen MR) is 96.5 cm³/mol. The Bertz CT molecular complexity index is 684. The van der Waals surface area contributed by atoms with Gasteiger partial charge >= 0.3 is 0 Å². The van der Waals surface area contributed by atoms with E-state index in [9.17, 15) is 4.79 Å². The van der Waals surface area contributed by atoms with Gasteiger partial charge < -0.3 is 4.90 Å². The second kappa shape index (κ2) is 7.95. The van der Waals surface area contributed by atoms with Crippen LogP contribution < -0.4 is 0 Å². The van der Waals surface area contributed by atoms with E-state index in [1.807, 2.05) is 48.3 Å². The molecule has 24 heavy (non-hydrogen) atoms. The van der Waals surface area contributed by atoms with Crippen LogP contribution in [0.3, 0.4) is 0 Å². The Hall–Kier alpha value is -1.65. The lowest BCUT2D eigenvalue weighted by atomic mass is 9.88. The first kappa shape index (κ1) is 17.2. The Morgan fingerprint density at radius 3 is 3.00 bits per heavy atom. The summed E-state index contributed by atoms with van der Waals surface area (Å²) in [6, 6.07) is 7.51. The van der Waals surface area contributed by atoms with Crippen molar-refractivity contribution in [3.8, 4) is 0 Å². The molecular formula is C19H24ClN3O. The normalized spacial score (nSPS) is 18.7. The maximum atomic E-state index is 12.9. The first-order valence-electron chi connectivity index (χ1n) is 8.63. The fourth-order valence-electron chi connectivity index (χ4n) is 3.49. The minimum atomic E-state index is 0.100. The number of carbonyl (C=O) groups excluding carboxylic acids is 1. The number of carbonyl (C=O) groups is 1. The molecule has 1 aromatic heterocycles. The van der Waals surface area contributed by atoms with E-state index >= 15 is 0 Å². The topological polar surface area (TPSA) is 38.1 Å². The lowest BCUT2D eigenvalue weighted by molar-refractivity contribution is 0.0816. The van der Waals surface area contributed by atoms with Crippen molar-refractivity contribution in [2.24, 2.45) is 5.92 Å². The first-order chi connectivity index (χ1) is 11.6. The van der Waals surface area contributed by atoms with Crippen LogP contribution in [0.2, 0.25) is 5.02 Å². The van der Waals surface area contributed by atoms with Crippen LogP contribution in [-0.4, -0.2) is 40.1 Å². The van der Waals surface area contributed by atoms with Gasteiger partial charge in [0.2, 0.25) is 0 Å². The van der Waals surface area contributed by atoms with Crippen molar-refractivity contribution >= 4 is 17.4 Å². The molecule has 128 valence electrons. The molecule has 1 aliphatic heterocycles. The number of piperidine rings is 1. The van der Waals surface area contributed by atoms with Crippen LogP contribution in [0.4, 0.5) is 0 Å². The largest absolute Gasteiger partial charge is 0.303 e. The summed E-state index contributed by atoms with van der Waals surface area (Å²) >= 11 is 6.00. The summed E-state index contributed by atoms with van der Waals surface area (Å²) in [6.45, 7) is 5.86. The average molecular weight is 346 g/mol. The molecule has 0 amide bonds. The van der Waals surface area contributed by atoms with E-state index in [-0.39, 0.29) is 11.7 Å². The Labute approximate surface area is 148 Å². The summed E-state index contributed by atoms with van der Waals surface area (Å²) in [5.74, 6) is 0.365. The second-order valence-corrected chi connectivity index (χ2v) is 7.02. The molecule has 1 aromatic carbocycles. The van der Waals surface area contributed by atoms with E-state index < -0.39 is 0 Å². The Kier molecular flexibility index (Phi) is 5.69. The van der Waals surface area contributed by atoms with E-state index in [2.05, 4.69) is 10.00 Å². The molecule has 1 fully saturated rings. The molecule has 1 aliphatic rings. The van der Waals surface area contributed by atoms with Crippen LogP contribution in [0.25, 0.3) is 0 Å². The molecule has 0 aliphatic carbocycles. The minimum absolute atomic E-state index is 0.100. The van der Waals surface area contributed by atoms with Crippen LogP contribution >= 0.6 is 11.6 Å². The Morgan fingerprint density at radius 1 is 1.38 bits per heavy atom. The number of hydrogen-bond acceptors (Lipinski definition) is 3. The smallest absolute Gasteiger partial charge is 0.167 e. The van der Waals surface area contributed by atoms with Crippen molar-refractivity contribution < 1.29 is 4.79 Å². The number of aromatic nitrogens is 2. The van der Waals surface area contributed by atoms with Gasteiger partial charge in [0.1, 0.15) is 0 Å². The number of likely N-dealkylation sites (tertiary alicyclic amines) is 1. The number of halogens is 1. The molecule has 0 saturated carbocycles. The molecule has 0 spiro atoms. The van der Waals surface area contributed by atoms with Crippen molar-refractivity contribution in [3.05, 3.63) is 52.8 Å². The highest BCUT2D eigenvalue weighted by Crippen LogP contribution is 2.24. The van der Waals surface area contributed by atoms with Crippen LogP contribution in [0.5, 0.6) is 0 Å². The van der Waals surface area contributed by atoms with Gasteiger partial charge in [-0.05, 0) is 69.1 Å². The molecule has 4 nitrogen and oxygen atoms in total. The number of Topliss-reactive ketones (excluding diaryl/α,β-unsaturated/α-hetero) is 1. The van der Waals surface area contributed by atoms with Gasteiger partial charge in [-0.3, -0.25) is 9.48 Å². The highest BCUT2D eigenvalue weighted by Gasteiger charge is 2.27. The number of hydrogen-bond donors (Lipinski definition) is 0. The molecule has 0 N–H and O–H groups in total. The number of rotatable bonds is 6. The Morgan fingerprint density at radius 2 is 2.25 bits per heavy atom. The number of benzene rings is 1. The molecule has 1 unspecified atom stereocenters. The molecule has 1 atom stereocenters. The number of ketones is 1. The second-order valence-electron chi connectivity index (χ2n) is 6.59. The predicted octanol–water partition coefficient (Wildman–Crippen LogP) is 3.83. The minimum Gasteiger partial charge on any atom is -0.303 e. The van der Waals surface area contributed by atoms with E-state index in [0.717, 1.165) is 56.6 Å². The molecule has 2 aromatic rings. The molecular weight excluding hydrogens is 322 g/mol. The summed E-state index contributed by atoms with van der Waals surface area (Å²) in [4.78, 5) is 15.3. The zero-order valence-corrected chi connectivity index (χ0v) is 14.9. The SMILES string of the molecule is Cc1cc(Cl)ccc1C(=O)C1CCCN(CCCn2cccn2)C1.